The van der Waals surface area contributed by atoms with E-state index in [1.807, 2.05) is 0 Å². The van der Waals surface area contributed by atoms with Crippen LogP contribution in [0.25, 0.3) is 0 Å². The smallest absolute Gasteiger partial charge is 0.329 e. The highest BCUT2D eigenvalue weighted by Gasteiger charge is 2.48. The van der Waals surface area contributed by atoms with Gasteiger partial charge >= 0.3 is 5.97 Å². The molecule has 3 N–H and O–H groups in total. The maximum atomic E-state index is 12.1. The highest BCUT2D eigenvalue weighted by molar-refractivity contribution is 5.98. The number of carbonyl (C=O) groups excluding carboxylic acids is 1. The Bertz CT molecular complexity index is 493. The van der Waals surface area contributed by atoms with Gasteiger partial charge in [-0.2, -0.15) is 0 Å². The zero-order valence-electron chi connectivity index (χ0n) is 10.7. The molecule has 1 fully saturated rings. The highest BCUT2D eigenvalue weighted by atomic mass is 16.4. The summed E-state index contributed by atoms with van der Waals surface area (Å²) in [5.74, 6) is -1.40. The Balaban J connectivity index is 2.12. The van der Waals surface area contributed by atoms with Crippen LogP contribution in [0, 0.1) is 5.92 Å². The minimum Gasteiger partial charge on any atom is -0.480 e. The largest absolute Gasteiger partial charge is 0.480 e. The molecule has 1 aliphatic rings. The van der Waals surface area contributed by atoms with Crippen LogP contribution in [0.2, 0.25) is 0 Å². The second-order valence-electron chi connectivity index (χ2n) is 5.09. The molecule has 0 radical (unpaired) electrons. The van der Waals surface area contributed by atoms with Crippen LogP contribution < -0.4 is 5.32 Å². The molecule has 0 saturated heterocycles. The fourth-order valence-corrected chi connectivity index (χ4v) is 2.06. The van der Waals surface area contributed by atoms with Crippen LogP contribution in [0.15, 0.2) is 24.3 Å². The second-order valence-corrected chi connectivity index (χ2v) is 5.09. The molecule has 1 aromatic carbocycles. The lowest BCUT2D eigenvalue weighted by molar-refractivity contribution is -0.144. The van der Waals surface area contributed by atoms with Gasteiger partial charge in [0.2, 0.25) is 0 Å². The third kappa shape index (κ3) is 2.76. The number of amides is 1. The lowest BCUT2D eigenvalue weighted by atomic mass is 9.95. The summed E-state index contributed by atoms with van der Waals surface area (Å²) in [6.07, 6.45) is 1.65. The lowest BCUT2D eigenvalue weighted by Crippen LogP contribution is -2.54. The van der Waals surface area contributed by atoms with Crippen LogP contribution in [0.3, 0.4) is 0 Å². The van der Waals surface area contributed by atoms with Crippen molar-refractivity contribution in [3.8, 4) is 0 Å². The molecular formula is C14H17NO4. The molecule has 1 saturated carbocycles. The van der Waals surface area contributed by atoms with Gasteiger partial charge in [0.05, 0.1) is 6.61 Å². The van der Waals surface area contributed by atoms with Gasteiger partial charge in [-0.25, -0.2) is 4.79 Å². The number of aliphatic carboxylic acids is 1. The fourth-order valence-electron chi connectivity index (χ4n) is 2.06. The summed E-state index contributed by atoms with van der Waals surface area (Å²) in [6.45, 7) is 1.46. The van der Waals surface area contributed by atoms with Gasteiger partial charge in [-0.05, 0) is 43.4 Å². The maximum absolute atomic E-state index is 12.1. The molecule has 2 rings (SSSR count). The van der Waals surface area contributed by atoms with E-state index in [1.54, 1.807) is 31.2 Å². The number of aliphatic hydroxyl groups excluding tert-OH is 1. The average molecular weight is 263 g/mol. The topological polar surface area (TPSA) is 86.6 Å². The third-order valence-electron chi connectivity index (χ3n) is 3.61. The number of nitrogens with one attached hydrogen (secondary N) is 1. The van der Waals surface area contributed by atoms with Crippen LogP contribution in [-0.4, -0.2) is 27.6 Å². The number of carboxylic acid groups (broad SMARTS) is 1. The second kappa shape index (κ2) is 5.01. The minimum atomic E-state index is -1.20. The summed E-state index contributed by atoms with van der Waals surface area (Å²) in [4.78, 5) is 23.4. The summed E-state index contributed by atoms with van der Waals surface area (Å²) >= 11 is 0. The molecule has 1 amide bonds. The lowest BCUT2D eigenvalue weighted by Gasteiger charge is -2.26. The molecule has 0 bridgehead atoms. The van der Waals surface area contributed by atoms with Crippen LogP contribution in [0.1, 0.15) is 35.7 Å². The molecule has 19 heavy (non-hydrogen) atoms. The average Bonchev–Trinajstić information content (AvgIpc) is 3.23. The van der Waals surface area contributed by atoms with Crippen LogP contribution in [0.5, 0.6) is 0 Å². The number of benzene rings is 1. The van der Waals surface area contributed by atoms with Gasteiger partial charge in [0, 0.05) is 5.56 Å². The predicted octanol–water partition coefficient (Wildman–Crippen LogP) is 1.16. The van der Waals surface area contributed by atoms with E-state index in [1.165, 1.54) is 0 Å². The van der Waals surface area contributed by atoms with Gasteiger partial charge < -0.3 is 15.5 Å². The van der Waals surface area contributed by atoms with E-state index in [4.69, 9.17) is 5.11 Å². The molecule has 1 atom stereocenters. The third-order valence-corrected chi connectivity index (χ3v) is 3.61. The summed E-state index contributed by atoms with van der Waals surface area (Å²) < 4.78 is 0. The van der Waals surface area contributed by atoms with Gasteiger partial charge in [-0.3, -0.25) is 4.79 Å². The molecule has 0 aliphatic heterocycles. The molecule has 0 heterocycles. The molecule has 1 aliphatic carbocycles. The van der Waals surface area contributed by atoms with E-state index in [-0.39, 0.29) is 12.5 Å². The van der Waals surface area contributed by atoms with Crippen molar-refractivity contribution in [2.75, 3.05) is 0 Å². The first-order valence-electron chi connectivity index (χ1n) is 6.23. The molecule has 0 spiro atoms. The van der Waals surface area contributed by atoms with Crippen LogP contribution >= 0.6 is 0 Å². The number of aliphatic hydroxyl groups is 1. The first-order chi connectivity index (χ1) is 8.97. The monoisotopic (exact) mass is 263 g/mol. The molecule has 1 unspecified atom stereocenters. The Kier molecular flexibility index (Phi) is 3.57. The Hall–Kier alpha value is -1.88. The van der Waals surface area contributed by atoms with E-state index in [9.17, 15) is 14.7 Å². The van der Waals surface area contributed by atoms with Gasteiger partial charge in [0.15, 0.2) is 0 Å². The fraction of sp³-hybridized carbons (Fsp3) is 0.429. The van der Waals surface area contributed by atoms with Crippen molar-refractivity contribution in [1.29, 1.82) is 0 Å². The van der Waals surface area contributed by atoms with Gasteiger partial charge in [-0.15, -0.1) is 0 Å². The number of carboxylic acids is 1. The number of hydrogen-bond acceptors (Lipinski definition) is 3. The first-order valence-corrected chi connectivity index (χ1v) is 6.23. The summed E-state index contributed by atoms with van der Waals surface area (Å²) in [6, 6.07) is 6.44. The number of carbonyl (C=O) groups is 2. The molecule has 5 heteroatoms. The summed E-state index contributed by atoms with van der Waals surface area (Å²) in [5, 5.41) is 20.8. The highest BCUT2D eigenvalue weighted by Crippen LogP contribution is 2.39. The van der Waals surface area contributed by atoms with Gasteiger partial charge in [0.25, 0.3) is 5.91 Å². The summed E-state index contributed by atoms with van der Waals surface area (Å²) in [5.41, 5.74) is -0.0997. The SMILES string of the molecule is CC(NC(=O)c1ccc(CO)cc1)(C(=O)O)C1CC1. The van der Waals surface area contributed by atoms with Gasteiger partial charge in [0.1, 0.15) is 5.54 Å². The Morgan fingerprint density at radius 2 is 1.89 bits per heavy atom. The molecule has 1 aromatic rings. The molecule has 102 valence electrons. The van der Waals surface area contributed by atoms with Crippen molar-refractivity contribution >= 4 is 11.9 Å². The van der Waals surface area contributed by atoms with E-state index in [2.05, 4.69) is 5.32 Å². The standard InChI is InChI=1S/C14H17NO4/c1-14(13(18)19,11-6-7-11)15-12(17)10-4-2-9(8-16)3-5-10/h2-5,11,16H,6-8H2,1H3,(H,15,17)(H,18,19). The predicted molar refractivity (Wildman–Crippen MR) is 68.6 cm³/mol. The zero-order valence-corrected chi connectivity index (χ0v) is 10.7. The normalized spacial score (nSPS) is 17.6. The van der Waals surface area contributed by atoms with E-state index >= 15 is 0 Å². The van der Waals surface area contributed by atoms with Crippen molar-refractivity contribution in [3.05, 3.63) is 35.4 Å². The van der Waals surface area contributed by atoms with Gasteiger partial charge in [-0.1, -0.05) is 12.1 Å². The van der Waals surface area contributed by atoms with Crippen molar-refractivity contribution in [3.63, 3.8) is 0 Å². The van der Waals surface area contributed by atoms with Crippen molar-refractivity contribution < 1.29 is 19.8 Å². The van der Waals surface area contributed by atoms with Crippen molar-refractivity contribution in [2.24, 2.45) is 5.92 Å². The van der Waals surface area contributed by atoms with Crippen molar-refractivity contribution in [2.45, 2.75) is 31.9 Å². The minimum absolute atomic E-state index is 0.00525. The maximum Gasteiger partial charge on any atom is 0.329 e. The molecule has 0 aromatic heterocycles. The first kappa shape index (κ1) is 13.5. The summed E-state index contributed by atoms with van der Waals surface area (Å²) in [7, 11) is 0. The van der Waals surface area contributed by atoms with Crippen LogP contribution in [-0.2, 0) is 11.4 Å². The Morgan fingerprint density at radius 3 is 2.32 bits per heavy atom. The van der Waals surface area contributed by atoms with E-state index < -0.39 is 17.4 Å². The molecular weight excluding hydrogens is 246 g/mol. The van der Waals surface area contributed by atoms with Crippen molar-refractivity contribution in [1.82, 2.24) is 5.32 Å². The quantitative estimate of drug-likeness (QED) is 0.744. The van der Waals surface area contributed by atoms with E-state index in [0.29, 0.717) is 11.1 Å². The van der Waals surface area contributed by atoms with Crippen LogP contribution in [0.4, 0.5) is 0 Å². The molecule has 5 nitrogen and oxygen atoms in total. The number of hydrogen-bond donors (Lipinski definition) is 3. The van der Waals surface area contributed by atoms with E-state index in [0.717, 1.165) is 12.8 Å². The number of rotatable bonds is 5. The Morgan fingerprint density at radius 1 is 1.32 bits per heavy atom. The Labute approximate surface area is 111 Å². The zero-order chi connectivity index (χ0) is 14.0.